The van der Waals surface area contributed by atoms with Gasteiger partial charge in [-0.3, -0.25) is 9.78 Å². The molecule has 0 radical (unpaired) electrons. The van der Waals surface area contributed by atoms with E-state index in [9.17, 15) is 31.1 Å². The summed E-state index contributed by atoms with van der Waals surface area (Å²) in [4.78, 5) is 16.6. The first-order chi connectivity index (χ1) is 15.5. The van der Waals surface area contributed by atoms with Gasteiger partial charge in [-0.15, -0.1) is 0 Å². The van der Waals surface area contributed by atoms with Crippen molar-refractivity contribution >= 4 is 5.78 Å². The fourth-order valence-corrected chi connectivity index (χ4v) is 3.49. The summed E-state index contributed by atoms with van der Waals surface area (Å²) >= 11 is 0. The highest BCUT2D eigenvalue weighted by molar-refractivity contribution is 5.82. The number of pyridine rings is 1. The molecule has 0 aliphatic heterocycles. The van der Waals surface area contributed by atoms with Crippen LogP contribution in [0.4, 0.5) is 26.3 Å². The van der Waals surface area contributed by atoms with E-state index in [0.717, 1.165) is 42.6 Å². The van der Waals surface area contributed by atoms with Crippen molar-refractivity contribution in [1.82, 2.24) is 4.98 Å². The van der Waals surface area contributed by atoms with Crippen LogP contribution >= 0.6 is 0 Å². The van der Waals surface area contributed by atoms with Crippen molar-refractivity contribution < 1.29 is 31.1 Å². The Hall–Kier alpha value is -3.67. The predicted molar refractivity (Wildman–Crippen MR) is 107 cm³/mol. The zero-order valence-electron chi connectivity index (χ0n) is 16.9. The third kappa shape index (κ3) is 5.98. The van der Waals surface area contributed by atoms with E-state index in [1.54, 1.807) is 18.2 Å². The molecule has 0 spiro atoms. The van der Waals surface area contributed by atoms with E-state index in [4.69, 9.17) is 5.26 Å². The molecule has 1 aromatic heterocycles. The molecule has 3 nitrogen and oxygen atoms in total. The fraction of sp³-hybridized carbons (Fsp3) is 0.208. The van der Waals surface area contributed by atoms with E-state index >= 15 is 0 Å². The van der Waals surface area contributed by atoms with Gasteiger partial charge in [0.25, 0.3) is 0 Å². The molecule has 33 heavy (non-hydrogen) atoms. The molecule has 2 aromatic carbocycles. The number of aromatic nitrogens is 1. The smallest absolute Gasteiger partial charge is 0.299 e. The van der Waals surface area contributed by atoms with Crippen molar-refractivity contribution in [2.24, 2.45) is 0 Å². The molecule has 0 saturated heterocycles. The van der Waals surface area contributed by atoms with Gasteiger partial charge in [-0.25, -0.2) is 0 Å². The Morgan fingerprint density at radius 2 is 1.64 bits per heavy atom. The Balaban J connectivity index is 1.99. The molecular formula is C24H16F6N2O. The predicted octanol–water partition coefficient (Wildman–Crippen LogP) is 6.32. The minimum absolute atomic E-state index is 0.103. The van der Waals surface area contributed by atoms with Gasteiger partial charge < -0.3 is 0 Å². The number of carbonyl (C=O) groups excluding carboxylic acids is 1. The van der Waals surface area contributed by atoms with E-state index in [2.05, 4.69) is 4.98 Å². The SMILES string of the molecule is N#Cc1cccc(CC(=O)C[C@@H](c2ccc(C(F)(F)F)cc2)c2ncccc2C(F)(F)F)c1. The molecule has 0 N–H and O–H groups in total. The molecule has 170 valence electrons. The number of benzene rings is 2. The minimum Gasteiger partial charge on any atom is -0.299 e. The van der Waals surface area contributed by atoms with Crippen molar-refractivity contribution in [1.29, 1.82) is 5.26 Å². The molecular weight excluding hydrogens is 446 g/mol. The summed E-state index contributed by atoms with van der Waals surface area (Å²) in [5, 5.41) is 9.00. The van der Waals surface area contributed by atoms with Crippen LogP contribution < -0.4 is 0 Å². The molecule has 9 heteroatoms. The third-order valence-electron chi connectivity index (χ3n) is 5.00. The number of hydrogen-bond donors (Lipinski definition) is 0. The maximum Gasteiger partial charge on any atom is 0.418 e. The number of hydrogen-bond acceptors (Lipinski definition) is 3. The number of ketones is 1. The van der Waals surface area contributed by atoms with Crippen LogP contribution in [0.25, 0.3) is 0 Å². The number of Topliss-reactive ketones (excluding diaryl/α,β-unsaturated/α-hetero) is 1. The molecule has 0 aliphatic rings. The van der Waals surface area contributed by atoms with Gasteiger partial charge in [0.05, 0.1) is 28.5 Å². The Morgan fingerprint density at radius 3 is 2.24 bits per heavy atom. The zero-order chi connectivity index (χ0) is 24.2. The van der Waals surface area contributed by atoms with Crippen LogP contribution in [0, 0.1) is 11.3 Å². The van der Waals surface area contributed by atoms with Crippen LogP contribution in [0.15, 0.2) is 66.9 Å². The first-order valence-electron chi connectivity index (χ1n) is 9.69. The van der Waals surface area contributed by atoms with Gasteiger partial charge in [0.2, 0.25) is 0 Å². The van der Waals surface area contributed by atoms with Gasteiger partial charge in [-0.1, -0.05) is 24.3 Å². The molecule has 0 bridgehead atoms. The first kappa shape index (κ1) is 24.0. The molecule has 0 amide bonds. The average molecular weight is 462 g/mol. The van der Waals surface area contributed by atoms with Crippen molar-refractivity contribution in [2.75, 3.05) is 0 Å². The van der Waals surface area contributed by atoms with Gasteiger partial charge >= 0.3 is 12.4 Å². The average Bonchev–Trinajstić information content (AvgIpc) is 2.76. The van der Waals surface area contributed by atoms with Crippen molar-refractivity contribution in [3.05, 3.63) is 100 Å². The van der Waals surface area contributed by atoms with Crippen LogP contribution in [-0.4, -0.2) is 10.8 Å². The molecule has 0 saturated carbocycles. The second kappa shape index (κ2) is 9.45. The Labute approximate surface area is 185 Å². The largest absolute Gasteiger partial charge is 0.418 e. The molecule has 0 aliphatic carbocycles. The summed E-state index contributed by atoms with van der Waals surface area (Å²) in [5.41, 5.74) is -1.53. The van der Waals surface area contributed by atoms with Gasteiger partial charge in [0.15, 0.2) is 0 Å². The lowest BCUT2D eigenvalue weighted by atomic mass is 9.86. The zero-order valence-corrected chi connectivity index (χ0v) is 16.9. The first-order valence-corrected chi connectivity index (χ1v) is 9.69. The summed E-state index contributed by atoms with van der Waals surface area (Å²) in [6, 6.07) is 13.7. The Morgan fingerprint density at radius 1 is 0.939 bits per heavy atom. The summed E-state index contributed by atoms with van der Waals surface area (Å²) in [7, 11) is 0. The van der Waals surface area contributed by atoms with E-state index in [0.29, 0.717) is 11.1 Å². The third-order valence-corrected chi connectivity index (χ3v) is 5.00. The lowest BCUT2D eigenvalue weighted by Gasteiger charge is -2.21. The van der Waals surface area contributed by atoms with Crippen LogP contribution in [0.1, 0.15) is 45.8 Å². The Bertz CT molecular complexity index is 1180. The van der Waals surface area contributed by atoms with Gasteiger partial charge in [-0.2, -0.15) is 31.6 Å². The standard InChI is InChI=1S/C24H16F6N2O/c25-23(26,27)18-8-6-17(7-9-18)20(22-21(24(28,29)30)5-2-10-32-22)13-19(33)12-15-3-1-4-16(11-15)14-31/h1-11,20H,12-13H2/t20-/m0/s1. The van der Waals surface area contributed by atoms with Crippen molar-refractivity contribution in [3.63, 3.8) is 0 Å². The van der Waals surface area contributed by atoms with Crippen LogP contribution in [0.2, 0.25) is 0 Å². The molecule has 1 atom stereocenters. The monoisotopic (exact) mass is 462 g/mol. The van der Waals surface area contributed by atoms with Crippen LogP contribution in [0.3, 0.4) is 0 Å². The lowest BCUT2D eigenvalue weighted by Crippen LogP contribution is -2.18. The second-order valence-electron chi connectivity index (χ2n) is 7.34. The highest BCUT2D eigenvalue weighted by atomic mass is 19.4. The van der Waals surface area contributed by atoms with E-state index in [1.807, 2.05) is 6.07 Å². The second-order valence-corrected chi connectivity index (χ2v) is 7.34. The van der Waals surface area contributed by atoms with Crippen molar-refractivity contribution in [3.8, 4) is 6.07 Å². The molecule has 0 unspecified atom stereocenters. The lowest BCUT2D eigenvalue weighted by molar-refractivity contribution is -0.139. The van der Waals surface area contributed by atoms with E-state index < -0.39 is 47.3 Å². The quantitative estimate of drug-likeness (QED) is 0.403. The Kier molecular flexibility index (Phi) is 6.86. The highest BCUT2D eigenvalue weighted by Gasteiger charge is 2.37. The number of nitriles is 1. The minimum atomic E-state index is -4.77. The van der Waals surface area contributed by atoms with Crippen molar-refractivity contribution in [2.45, 2.75) is 31.1 Å². The van der Waals surface area contributed by atoms with Crippen LogP contribution in [0.5, 0.6) is 0 Å². The number of rotatable bonds is 6. The molecule has 0 fully saturated rings. The van der Waals surface area contributed by atoms with E-state index in [1.165, 1.54) is 6.07 Å². The summed E-state index contributed by atoms with van der Waals surface area (Å²) in [5.74, 6) is -1.66. The topological polar surface area (TPSA) is 53.8 Å². The number of nitrogens with zero attached hydrogens (tertiary/aromatic N) is 2. The van der Waals surface area contributed by atoms with Crippen LogP contribution in [-0.2, 0) is 23.6 Å². The molecule has 1 heterocycles. The normalized spacial score (nSPS) is 12.8. The van der Waals surface area contributed by atoms with E-state index in [-0.39, 0.29) is 12.0 Å². The number of alkyl halides is 6. The molecule has 3 rings (SSSR count). The van der Waals surface area contributed by atoms with Gasteiger partial charge in [0.1, 0.15) is 5.78 Å². The molecule has 3 aromatic rings. The summed E-state index contributed by atoms with van der Waals surface area (Å²) in [6.07, 6.45) is -8.80. The highest BCUT2D eigenvalue weighted by Crippen LogP contribution is 2.39. The summed E-state index contributed by atoms with van der Waals surface area (Å²) in [6.45, 7) is 0. The van der Waals surface area contributed by atoms with Gasteiger partial charge in [0, 0.05) is 25.0 Å². The number of halogens is 6. The van der Waals surface area contributed by atoms with Gasteiger partial charge in [-0.05, 0) is 47.5 Å². The fourth-order valence-electron chi connectivity index (χ4n) is 3.49. The maximum atomic E-state index is 13.6. The summed E-state index contributed by atoms with van der Waals surface area (Å²) < 4.78 is 79.6. The number of carbonyl (C=O) groups is 1. The maximum absolute atomic E-state index is 13.6.